The number of ether oxygens (including phenoxy) is 1. The van der Waals surface area contributed by atoms with E-state index in [1.54, 1.807) is 79.9 Å². The average Bonchev–Trinajstić information content (AvgIpc) is 3.48. The van der Waals surface area contributed by atoms with Gasteiger partial charge in [0.1, 0.15) is 10.7 Å². The average molecular weight is 581 g/mol. The molecule has 8 nitrogen and oxygen atoms in total. The van der Waals surface area contributed by atoms with Crippen molar-refractivity contribution in [3.05, 3.63) is 97.2 Å². The van der Waals surface area contributed by atoms with Crippen molar-refractivity contribution in [1.82, 2.24) is 9.29 Å². The molecule has 0 radical (unpaired) electrons. The number of rotatable bonds is 7. The van der Waals surface area contributed by atoms with E-state index >= 15 is 0 Å². The SMILES string of the molecule is CCOC(C)=O.O=P(c1ccccc1)(c1ccccc1)[C@@H](O)[C@@H]1CCCN1S(=O)(=O)c1cccc2cccnc12. The van der Waals surface area contributed by atoms with E-state index in [2.05, 4.69) is 9.72 Å². The van der Waals surface area contributed by atoms with Gasteiger partial charge in [-0.2, -0.15) is 4.31 Å². The van der Waals surface area contributed by atoms with E-state index in [-0.39, 0.29) is 17.4 Å². The van der Waals surface area contributed by atoms with Crippen molar-refractivity contribution in [2.75, 3.05) is 13.2 Å². The molecule has 2 atom stereocenters. The van der Waals surface area contributed by atoms with Gasteiger partial charge in [0, 0.05) is 35.7 Å². The Hall–Kier alpha value is -3.36. The molecule has 3 aromatic carbocycles. The van der Waals surface area contributed by atoms with E-state index in [1.807, 2.05) is 24.3 Å². The minimum absolute atomic E-state index is 0.0963. The van der Waals surface area contributed by atoms with Crippen molar-refractivity contribution in [1.29, 1.82) is 0 Å². The molecule has 1 aliphatic rings. The Morgan fingerprint density at radius 1 is 1.00 bits per heavy atom. The number of aliphatic hydroxyl groups excluding tert-OH is 1. The molecule has 40 heavy (non-hydrogen) atoms. The second kappa shape index (κ2) is 12.9. The van der Waals surface area contributed by atoms with Gasteiger partial charge in [0.05, 0.1) is 18.2 Å². The molecule has 5 rings (SSSR count). The van der Waals surface area contributed by atoms with Crippen LogP contribution in [0.5, 0.6) is 0 Å². The second-order valence-electron chi connectivity index (χ2n) is 9.32. The molecule has 0 unspecified atom stereocenters. The van der Waals surface area contributed by atoms with Crippen molar-refractivity contribution in [2.24, 2.45) is 0 Å². The lowest BCUT2D eigenvalue weighted by atomic mass is 10.2. The summed E-state index contributed by atoms with van der Waals surface area (Å²) in [5, 5.41) is 13.4. The number of benzene rings is 3. The lowest BCUT2D eigenvalue weighted by molar-refractivity contribution is -0.140. The maximum atomic E-state index is 14.6. The van der Waals surface area contributed by atoms with Crippen LogP contribution in [0.25, 0.3) is 10.9 Å². The monoisotopic (exact) mass is 580 g/mol. The van der Waals surface area contributed by atoms with E-state index in [1.165, 1.54) is 11.2 Å². The smallest absolute Gasteiger partial charge is 0.302 e. The van der Waals surface area contributed by atoms with E-state index in [0.717, 1.165) is 5.39 Å². The van der Waals surface area contributed by atoms with Crippen molar-refractivity contribution >= 4 is 44.6 Å². The van der Waals surface area contributed by atoms with Gasteiger partial charge in [-0.1, -0.05) is 78.9 Å². The molecule has 1 N–H and O–H groups in total. The summed E-state index contributed by atoms with van der Waals surface area (Å²) in [6.45, 7) is 3.90. The Kier molecular flexibility index (Phi) is 9.53. The summed E-state index contributed by atoms with van der Waals surface area (Å²) in [7, 11) is -7.57. The van der Waals surface area contributed by atoms with Crippen LogP contribution >= 0.6 is 7.14 Å². The van der Waals surface area contributed by atoms with Gasteiger partial charge in [0.25, 0.3) is 0 Å². The molecular weight excluding hydrogens is 547 g/mol. The third kappa shape index (κ3) is 6.03. The zero-order valence-corrected chi connectivity index (χ0v) is 24.2. The van der Waals surface area contributed by atoms with Crippen molar-refractivity contribution in [3.63, 3.8) is 0 Å². The molecule has 1 fully saturated rings. The highest BCUT2D eigenvalue weighted by Crippen LogP contribution is 2.51. The van der Waals surface area contributed by atoms with E-state index in [4.69, 9.17) is 0 Å². The van der Waals surface area contributed by atoms with Gasteiger partial charge in [-0.3, -0.25) is 9.78 Å². The molecule has 10 heteroatoms. The summed E-state index contributed by atoms with van der Waals surface area (Å²) in [5.74, 6) is -1.60. The molecule has 0 saturated carbocycles. The Labute approximate surface area is 235 Å². The number of aliphatic hydroxyl groups is 1. The molecule has 1 aliphatic heterocycles. The molecule has 2 heterocycles. The normalized spacial score (nSPS) is 16.6. The first-order valence-corrected chi connectivity index (χ1v) is 16.3. The van der Waals surface area contributed by atoms with Gasteiger partial charge in [-0.05, 0) is 31.9 Å². The molecule has 210 valence electrons. The lowest BCUT2D eigenvalue weighted by Crippen LogP contribution is -2.45. The number of aromatic nitrogens is 1. The van der Waals surface area contributed by atoms with Gasteiger partial charge >= 0.3 is 5.97 Å². The Bertz CT molecular complexity index is 1550. The summed E-state index contributed by atoms with van der Waals surface area (Å²) in [4.78, 5) is 14.2. The van der Waals surface area contributed by atoms with Crippen LogP contribution < -0.4 is 10.6 Å². The number of fused-ring (bicyclic) bond motifs is 1. The van der Waals surface area contributed by atoms with E-state index in [9.17, 15) is 22.9 Å². The molecular formula is C30H33N2O6PS. The second-order valence-corrected chi connectivity index (χ2v) is 14.1. The molecule has 1 saturated heterocycles. The summed E-state index contributed by atoms with van der Waals surface area (Å²) in [6.07, 6.45) is 2.56. The molecule has 0 aliphatic carbocycles. The number of hydrogen-bond acceptors (Lipinski definition) is 7. The molecule has 1 aromatic heterocycles. The number of nitrogens with zero attached hydrogens (tertiary/aromatic N) is 2. The van der Waals surface area contributed by atoms with Crippen LogP contribution in [0.15, 0.2) is 102 Å². The number of carbonyl (C=O) groups excluding carboxylic acids is 1. The molecule has 0 spiro atoms. The largest absolute Gasteiger partial charge is 0.466 e. The lowest BCUT2D eigenvalue weighted by Gasteiger charge is -2.33. The topological polar surface area (TPSA) is 114 Å². The maximum absolute atomic E-state index is 14.6. The van der Waals surface area contributed by atoms with Crippen molar-refractivity contribution in [2.45, 2.75) is 43.5 Å². The highest BCUT2D eigenvalue weighted by atomic mass is 32.2. The fourth-order valence-corrected chi connectivity index (χ4v) is 9.86. The van der Waals surface area contributed by atoms with E-state index in [0.29, 0.717) is 35.6 Å². The third-order valence-electron chi connectivity index (χ3n) is 6.77. The summed E-state index contributed by atoms with van der Waals surface area (Å²) < 4.78 is 48.1. The standard InChI is InChI=1S/C26H25N2O4PS.C4H8O2/c29-26(33(30,21-12-3-1-4-13-21)22-14-5-2-6-15-22)23-16-9-19-28(23)34(31,32)24-17-7-10-20-11-8-18-27-25(20)24;1-3-6-4(2)5/h1-8,10-15,17-18,23,26,29H,9,16,19H2;3H2,1-2H3/t23-,26+;/m0./s1. The van der Waals surface area contributed by atoms with Crippen LogP contribution in [0.2, 0.25) is 0 Å². The zero-order chi connectivity index (χ0) is 28.8. The Morgan fingerprint density at radius 3 is 2.15 bits per heavy atom. The van der Waals surface area contributed by atoms with Gasteiger partial charge in [-0.25, -0.2) is 8.42 Å². The van der Waals surface area contributed by atoms with Crippen molar-refractivity contribution < 1.29 is 27.6 Å². The predicted octanol–water partition coefficient (Wildman–Crippen LogP) is 4.29. The quantitative estimate of drug-likeness (QED) is 0.256. The minimum atomic E-state index is -3.99. The van der Waals surface area contributed by atoms with Crippen LogP contribution in [0.4, 0.5) is 0 Å². The molecule has 0 bridgehead atoms. The van der Waals surface area contributed by atoms with E-state index < -0.39 is 29.1 Å². The number of hydrogen-bond donors (Lipinski definition) is 1. The number of esters is 1. The van der Waals surface area contributed by atoms with Gasteiger partial charge < -0.3 is 14.4 Å². The number of para-hydroxylation sites is 1. The Morgan fingerprint density at radius 2 is 1.60 bits per heavy atom. The third-order valence-corrected chi connectivity index (χ3v) is 12.0. The summed E-state index contributed by atoms with van der Waals surface area (Å²) in [6, 6.07) is 25.5. The minimum Gasteiger partial charge on any atom is -0.466 e. The number of carbonyl (C=O) groups is 1. The first kappa shape index (κ1) is 29.6. The van der Waals surface area contributed by atoms with Gasteiger partial charge in [0.2, 0.25) is 10.0 Å². The van der Waals surface area contributed by atoms with Crippen LogP contribution in [-0.2, 0) is 24.1 Å². The maximum Gasteiger partial charge on any atom is 0.302 e. The number of pyridine rings is 1. The van der Waals surface area contributed by atoms with Crippen LogP contribution in [0.1, 0.15) is 26.7 Å². The van der Waals surface area contributed by atoms with Gasteiger partial charge in [-0.15, -0.1) is 0 Å². The summed E-state index contributed by atoms with van der Waals surface area (Å²) >= 11 is 0. The zero-order valence-electron chi connectivity index (χ0n) is 22.5. The van der Waals surface area contributed by atoms with Crippen LogP contribution in [0.3, 0.4) is 0 Å². The van der Waals surface area contributed by atoms with Gasteiger partial charge in [0.15, 0.2) is 7.14 Å². The number of sulfonamides is 1. The fraction of sp³-hybridized carbons (Fsp3) is 0.267. The first-order valence-electron chi connectivity index (χ1n) is 13.1. The predicted molar refractivity (Wildman–Crippen MR) is 157 cm³/mol. The Balaban J connectivity index is 0.000000557. The molecule has 4 aromatic rings. The highest BCUT2D eigenvalue weighted by Gasteiger charge is 2.48. The van der Waals surface area contributed by atoms with Crippen molar-refractivity contribution in [3.8, 4) is 0 Å². The molecule has 0 amide bonds. The first-order chi connectivity index (χ1) is 19.2. The van der Waals surface area contributed by atoms with Crippen LogP contribution in [-0.4, -0.2) is 53.8 Å². The summed E-state index contributed by atoms with van der Waals surface area (Å²) in [5.41, 5.74) is 0.388. The van der Waals surface area contributed by atoms with Crippen LogP contribution in [0, 0.1) is 0 Å². The fourth-order valence-electron chi connectivity index (χ4n) is 4.97. The highest BCUT2D eigenvalue weighted by molar-refractivity contribution is 7.89.